The van der Waals surface area contributed by atoms with Gasteiger partial charge in [0.05, 0.1) is 11.7 Å². The molecule has 0 aliphatic carbocycles. The Morgan fingerprint density at radius 2 is 1.95 bits per heavy atom. The first-order valence-corrected chi connectivity index (χ1v) is 6.39. The maximum Gasteiger partial charge on any atom is 0.224 e. The van der Waals surface area contributed by atoms with Crippen LogP contribution in [0.3, 0.4) is 0 Å². The van der Waals surface area contributed by atoms with Crippen molar-refractivity contribution >= 4 is 17.4 Å². The molecule has 1 aromatic heterocycles. The van der Waals surface area contributed by atoms with Gasteiger partial charge >= 0.3 is 0 Å². The molecule has 96 valence electrons. The van der Waals surface area contributed by atoms with Crippen LogP contribution in [0.1, 0.15) is 24.4 Å². The molecule has 0 radical (unpaired) electrons. The molecule has 1 aliphatic heterocycles. The lowest BCUT2D eigenvalue weighted by atomic mass is 10.0. The zero-order valence-corrected chi connectivity index (χ0v) is 10.5. The van der Waals surface area contributed by atoms with Crippen molar-refractivity contribution in [1.82, 2.24) is 4.98 Å². The number of rotatable bonds is 1. The van der Waals surface area contributed by atoms with Gasteiger partial charge in [-0.1, -0.05) is 30.3 Å². The molecule has 1 aromatic carbocycles. The number of carbonyl (C=O) groups excluding carboxylic acids is 1. The Morgan fingerprint density at radius 1 is 1.11 bits per heavy atom. The van der Waals surface area contributed by atoms with E-state index in [2.05, 4.69) is 27.8 Å². The van der Waals surface area contributed by atoms with E-state index in [1.807, 2.05) is 30.3 Å². The van der Waals surface area contributed by atoms with Crippen LogP contribution < -0.4 is 10.6 Å². The van der Waals surface area contributed by atoms with Crippen LogP contribution in [0.25, 0.3) is 0 Å². The number of aromatic nitrogens is 1. The molecule has 4 nitrogen and oxygen atoms in total. The molecule has 0 fully saturated rings. The monoisotopic (exact) mass is 253 g/mol. The molecule has 1 amide bonds. The summed E-state index contributed by atoms with van der Waals surface area (Å²) in [5, 5.41) is 6.28. The highest BCUT2D eigenvalue weighted by molar-refractivity contribution is 5.94. The molecule has 2 aromatic rings. The standard InChI is InChI=1S/C15H15N3O/c19-14-9-8-12(11-5-2-1-3-6-11)18-15-13(17-14)7-4-10-16-15/h1-7,10,12H,8-9H2,(H,16,18)(H,17,19). The van der Waals surface area contributed by atoms with Gasteiger partial charge in [-0.3, -0.25) is 4.79 Å². The van der Waals surface area contributed by atoms with Crippen LogP contribution in [-0.2, 0) is 4.79 Å². The molecule has 2 heterocycles. The van der Waals surface area contributed by atoms with Crippen molar-refractivity contribution in [3.05, 3.63) is 54.2 Å². The fourth-order valence-electron chi connectivity index (χ4n) is 2.28. The molecule has 0 saturated heterocycles. The van der Waals surface area contributed by atoms with E-state index in [4.69, 9.17) is 0 Å². The summed E-state index contributed by atoms with van der Waals surface area (Å²) in [4.78, 5) is 16.1. The number of nitrogens with zero attached hydrogens (tertiary/aromatic N) is 1. The fourth-order valence-corrected chi connectivity index (χ4v) is 2.28. The van der Waals surface area contributed by atoms with Gasteiger partial charge in [-0.05, 0) is 24.1 Å². The highest BCUT2D eigenvalue weighted by Crippen LogP contribution is 2.29. The minimum Gasteiger partial charge on any atom is -0.362 e. The number of anilines is 2. The average Bonchev–Trinajstić information content (AvgIpc) is 2.44. The number of pyridine rings is 1. The summed E-state index contributed by atoms with van der Waals surface area (Å²) in [6.45, 7) is 0. The van der Waals surface area contributed by atoms with Crippen LogP contribution in [-0.4, -0.2) is 10.9 Å². The topological polar surface area (TPSA) is 54.0 Å². The summed E-state index contributed by atoms with van der Waals surface area (Å²) < 4.78 is 0. The van der Waals surface area contributed by atoms with Gasteiger partial charge in [-0.25, -0.2) is 4.98 Å². The van der Waals surface area contributed by atoms with E-state index in [-0.39, 0.29) is 11.9 Å². The maximum absolute atomic E-state index is 11.8. The van der Waals surface area contributed by atoms with Crippen LogP contribution in [0.5, 0.6) is 0 Å². The largest absolute Gasteiger partial charge is 0.362 e. The molecule has 0 spiro atoms. The first kappa shape index (κ1) is 11.7. The highest BCUT2D eigenvalue weighted by Gasteiger charge is 2.19. The first-order chi connectivity index (χ1) is 9.33. The van der Waals surface area contributed by atoms with Crippen LogP contribution >= 0.6 is 0 Å². The number of carbonyl (C=O) groups is 1. The number of amides is 1. The molecular weight excluding hydrogens is 238 g/mol. The number of nitrogens with one attached hydrogen (secondary N) is 2. The first-order valence-electron chi connectivity index (χ1n) is 6.39. The molecule has 19 heavy (non-hydrogen) atoms. The quantitative estimate of drug-likeness (QED) is 0.821. The second kappa shape index (κ2) is 5.10. The van der Waals surface area contributed by atoms with Gasteiger partial charge < -0.3 is 10.6 Å². The van der Waals surface area contributed by atoms with Crippen molar-refractivity contribution in [2.45, 2.75) is 18.9 Å². The Morgan fingerprint density at radius 3 is 2.79 bits per heavy atom. The molecule has 0 bridgehead atoms. The summed E-state index contributed by atoms with van der Waals surface area (Å²) in [6, 6.07) is 13.9. The number of hydrogen-bond donors (Lipinski definition) is 2. The predicted molar refractivity (Wildman–Crippen MR) is 74.9 cm³/mol. The third kappa shape index (κ3) is 2.57. The van der Waals surface area contributed by atoms with Crippen molar-refractivity contribution in [3.63, 3.8) is 0 Å². The van der Waals surface area contributed by atoms with Crippen LogP contribution in [0.15, 0.2) is 48.7 Å². The summed E-state index contributed by atoms with van der Waals surface area (Å²) in [6.07, 6.45) is 2.98. The van der Waals surface area contributed by atoms with Gasteiger partial charge in [0.2, 0.25) is 5.91 Å². The zero-order valence-electron chi connectivity index (χ0n) is 10.5. The fraction of sp³-hybridized carbons (Fsp3) is 0.200. The summed E-state index contributed by atoms with van der Waals surface area (Å²) in [5.41, 5.74) is 1.92. The molecule has 1 aliphatic rings. The van der Waals surface area contributed by atoms with Crippen LogP contribution in [0.2, 0.25) is 0 Å². The summed E-state index contributed by atoms with van der Waals surface area (Å²) in [7, 11) is 0. The molecule has 4 heteroatoms. The average molecular weight is 253 g/mol. The Balaban J connectivity index is 1.95. The summed E-state index contributed by atoms with van der Waals surface area (Å²) >= 11 is 0. The van der Waals surface area contributed by atoms with Gasteiger partial charge in [0.1, 0.15) is 5.82 Å². The SMILES string of the molecule is O=C1CCC(c2ccccc2)Nc2ncccc2N1. The van der Waals surface area contributed by atoms with Crippen LogP contribution in [0.4, 0.5) is 11.5 Å². The Hall–Kier alpha value is -2.36. The van der Waals surface area contributed by atoms with E-state index in [1.165, 1.54) is 5.56 Å². The van der Waals surface area contributed by atoms with Gasteiger partial charge in [-0.15, -0.1) is 0 Å². The van der Waals surface area contributed by atoms with E-state index in [1.54, 1.807) is 6.20 Å². The second-order valence-electron chi connectivity index (χ2n) is 4.59. The third-order valence-electron chi connectivity index (χ3n) is 3.25. The molecule has 1 atom stereocenters. The van der Waals surface area contributed by atoms with E-state index in [0.717, 1.165) is 17.9 Å². The smallest absolute Gasteiger partial charge is 0.224 e. The minimum atomic E-state index is 0.0386. The lowest BCUT2D eigenvalue weighted by Crippen LogP contribution is -2.22. The Kier molecular flexibility index (Phi) is 3.14. The van der Waals surface area contributed by atoms with Crippen molar-refractivity contribution in [1.29, 1.82) is 0 Å². The van der Waals surface area contributed by atoms with Crippen molar-refractivity contribution < 1.29 is 4.79 Å². The minimum absolute atomic E-state index is 0.0386. The van der Waals surface area contributed by atoms with E-state index in [9.17, 15) is 4.79 Å². The van der Waals surface area contributed by atoms with Crippen molar-refractivity contribution in [2.24, 2.45) is 0 Å². The predicted octanol–water partition coefficient (Wildman–Crippen LogP) is 2.97. The van der Waals surface area contributed by atoms with Crippen molar-refractivity contribution in [3.8, 4) is 0 Å². The molecule has 2 N–H and O–H groups in total. The van der Waals surface area contributed by atoms with E-state index >= 15 is 0 Å². The van der Waals surface area contributed by atoms with Gasteiger partial charge in [0.25, 0.3) is 0 Å². The number of hydrogen-bond acceptors (Lipinski definition) is 3. The van der Waals surface area contributed by atoms with Crippen LogP contribution in [0, 0.1) is 0 Å². The van der Waals surface area contributed by atoms with Gasteiger partial charge in [-0.2, -0.15) is 0 Å². The highest BCUT2D eigenvalue weighted by atomic mass is 16.1. The molecule has 3 rings (SSSR count). The van der Waals surface area contributed by atoms with Gasteiger partial charge in [0.15, 0.2) is 0 Å². The third-order valence-corrected chi connectivity index (χ3v) is 3.25. The lowest BCUT2D eigenvalue weighted by Gasteiger charge is -2.24. The van der Waals surface area contributed by atoms with Crippen molar-refractivity contribution in [2.75, 3.05) is 10.6 Å². The Labute approximate surface area is 111 Å². The lowest BCUT2D eigenvalue weighted by molar-refractivity contribution is -0.116. The van der Waals surface area contributed by atoms with E-state index < -0.39 is 0 Å². The summed E-state index contributed by atoms with van der Waals surface area (Å²) in [5.74, 6) is 0.765. The second-order valence-corrected chi connectivity index (χ2v) is 4.59. The number of fused-ring (bicyclic) bond motifs is 1. The number of benzene rings is 1. The van der Waals surface area contributed by atoms with Gasteiger partial charge in [0, 0.05) is 12.6 Å². The molecule has 0 saturated carbocycles. The normalized spacial score (nSPS) is 18.5. The molecular formula is C15H15N3O. The van der Waals surface area contributed by atoms with E-state index in [0.29, 0.717) is 6.42 Å². The Bertz CT molecular complexity index is 583. The maximum atomic E-state index is 11.8. The molecule has 1 unspecified atom stereocenters. The zero-order chi connectivity index (χ0) is 13.1.